The number of aryl methyl sites for hydroxylation is 1. The number of nitrogens with one attached hydrogen (secondary N) is 1. The summed E-state index contributed by atoms with van der Waals surface area (Å²) < 4.78 is 41.8. The average molecular weight is 507 g/mol. The summed E-state index contributed by atoms with van der Waals surface area (Å²) in [4.78, 5) is 13.6. The summed E-state index contributed by atoms with van der Waals surface area (Å²) in [7, 11) is -4.15. The van der Waals surface area contributed by atoms with E-state index in [1.165, 1.54) is 36.4 Å². The van der Waals surface area contributed by atoms with Crippen LogP contribution >= 0.6 is 23.4 Å². The molecule has 0 aliphatic carbocycles. The van der Waals surface area contributed by atoms with Crippen molar-refractivity contribution in [3.8, 4) is 0 Å². The van der Waals surface area contributed by atoms with E-state index in [1.807, 2.05) is 31.2 Å². The first-order valence-electron chi connectivity index (χ1n) is 10.3. The van der Waals surface area contributed by atoms with Crippen LogP contribution in [0.4, 0.5) is 10.1 Å². The summed E-state index contributed by atoms with van der Waals surface area (Å²) >= 11 is 7.51. The molecule has 33 heavy (non-hydrogen) atoms. The van der Waals surface area contributed by atoms with E-state index in [0.29, 0.717) is 18.0 Å². The zero-order chi connectivity index (χ0) is 23.8. The fourth-order valence-electron chi connectivity index (χ4n) is 3.00. The van der Waals surface area contributed by atoms with Crippen LogP contribution in [0.15, 0.2) is 82.6 Å². The SMILES string of the molecule is Cc1ccc(S(=O)(=O)N(CC(=O)NCCCSc2ccc(Cl)cc2)c2ccccc2F)cc1. The van der Waals surface area contributed by atoms with Crippen LogP contribution in [0.1, 0.15) is 12.0 Å². The van der Waals surface area contributed by atoms with E-state index in [9.17, 15) is 17.6 Å². The Morgan fingerprint density at radius 1 is 1.03 bits per heavy atom. The van der Waals surface area contributed by atoms with Crippen LogP contribution in [-0.2, 0) is 14.8 Å². The molecule has 0 radical (unpaired) electrons. The van der Waals surface area contributed by atoms with Gasteiger partial charge in [-0.3, -0.25) is 9.10 Å². The monoisotopic (exact) mass is 506 g/mol. The minimum absolute atomic E-state index is 0.0106. The van der Waals surface area contributed by atoms with Gasteiger partial charge in [-0.15, -0.1) is 11.8 Å². The van der Waals surface area contributed by atoms with Gasteiger partial charge in [-0.05, 0) is 67.6 Å². The van der Waals surface area contributed by atoms with Gasteiger partial charge in [0, 0.05) is 16.5 Å². The number of sulfonamides is 1. The summed E-state index contributed by atoms with van der Waals surface area (Å²) in [5.41, 5.74) is 0.715. The van der Waals surface area contributed by atoms with Crippen LogP contribution in [0.3, 0.4) is 0 Å². The zero-order valence-electron chi connectivity index (χ0n) is 18.0. The topological polar surface area (TPSA) is 66.5 Å². The highest BCUT2D eigenvalue weighted by Gasteiger charge is 2.29. The van der Waals surface area contributed by atoms with Crippen LogP contribution < -0.4 is 9.62 Å². The van der Waals surface area contributed by atoms with E-state index >= 15 is 0 Å². The standard InChI is InChI=1S/C24H24ClFN2O3S2/c1-18-7-13-21(14-8-18)33(30,31)28(23-6-3-2-5-22(23)26)17-24(29)27-15-4-16-32-20-11-9-19(25)10-12-20/h2-3,5-14H,4,15-17H2,1H3,(H,27,29). The lowest BCUT2D eigenvalue weighted by atomic mass is 10.2. The first-order valence-corrected chi connectivity index (χ1v) is 13.1. The first-order chi connectivity index (χ1) is 15.8. The maximum Gasteiger partial charge on any atom is 0.264 e. The van der Waals surface area contributed by atoms with Gasteiger partial charge in [0.15, 0.2) is 0 Å². The summed E-state index contributed by atoms with van der Waals surface area (Å²) in [6.07, 6.45) is 0.684. The molecule has 0 aliphatic rings. The molecule has 174 valence electrons. The molecule has 0 saturated carbocycles. The quantitative estimate of drug-likeness (QED) is 0.300. The molecule has 0 aromatic heterocycles. The zero-order valence-corrected chi connectivity index (χ0v) is 20.4. The number of para-hydroxylation sites is 1. The Labute approximate surface area is 203 Å². The third kappa shape index (κ3) is 6.96. The molecule has 0 saturated heterocycles. The molecular formula is C24H24ClFN2O3S2. The maximum atomic E-state index is 14.5. The molecule has 5 nitrogen and oxygen atoms in total. The van der Waals surface area contributed by atoms with Gasteiger partial charge in [0.05, 0.1) is 10.6 Å². The second-order valence-corrected chi connectivity index (χ2v) is 10.7. The number of carbonyl (C=O) groups excluding carboxylic acids is 1. The van der Waals surface area contributed by atoms with E-state index in [4.69, 9.17) is 11.6 Å². The molecule has 9 heteroatoms. The van der Waals surface area contributed by atoms with Crippen molar-refractivity contribution in [3.05, 3.63) is 89.2 Å². The molecule has 0 fully saturated rings. The van der Waals surface area contributed by atoms with Gasteiger partial charge in [-0.2, -0.15) is 0 Å². The number of carbonyl (C=O) groups is 1. The van der Waals surface area contributed by atoms with Crippen molar-refractivity contribution >= 4 is 45.0 Å². The van der Waals surface area contributed by atoms with Gasteiger partial charge in [0.2, 0.25) is 5.91 Å². The van der Waals surface area contributed by atoms with E-state index in [-0.39, 0.29) is 10.6 Å². The highest BCUT2D eigenvalue weighted by atomic mass is 35.5. The van der Waals surface area contributed by atoms with Crippen molar-refractivity contribution in [2.75, 3.05) is 23.1 Å². The Morgan fingerprint density at radius 2 is 1.70 bits per heavy atom. The van der Waals surface area contributed by atoms with Crippen molar-refractivity contribution in [2.24, 2.45) is 0 Å². The highest BCUT2D eigenvalue weighted by molar-refractivity contribution is 7.99. The van der Waals surface area contributed by atoms with Crippen LogP contribution in [0.2, 0.25) is 5.02 Å². The predicted molar refractivity (Wildman–Crippen MR) is 132 cm³/mol. The van der Waals surface area contributed by atoms with Crippen LogP contribution in [-0.4, -0.2) is 33.2 Å². The lowest BCUT2D eigenvalue weighted by Crippen LogP contribution is -2.41. The smallest absolute Gasteiger partial charge is 0.264 e. The molecule has 0 unspecified atom stereocenters. The Morgan fingerprint density at radius 3 is 2.36 bits per heavy atom. The molecule has 0 aliphatic heterocycles. The lowest BCUT2D eigenvalue weighted by Gasteiger charge is -2.24. The first kappa shape index (κ1) is 25.1. The molecule has 1 amide bonds. The third-order valence-electron chi connectivity index (χ3n) is 4.74. The number of nitrogens with zero attached hydrogens (tertiary/aromatic N) is 1. The van der Waals surface area contributed by atoms with Crippen molar-refractivity contribution in [1.29, 1.82) is 0 Å². The van der Waals surface area contributed by atoms with Gasteiger partial charge in [-0.1, -0.05) is 41.4 Å². The molecular weight excluding hydrogens is 483 g/mol. The van der Waals surface area contributed by atoms with Crippen LogP contribution in [0.25, 0.3) is 0 Å². The number of hydrogen-bond acceptors (Lipinski definition) is 4. The number of amides is 1. The van der Waals surface area contributed by atoms with Gasteiger partial charge in [-0.25, -0.2) is 12.8 Å². The maximum absolute atomic E-state index is 14.5. The number of thioether (sulfide) groups is 1. The van der Waals surface area contributed by atoms with Gasteiger partial charge in [0.25, 0.3) is 10.0 Å². The van der Waals surface area contributed by atoms with E-state index in [0.717, 1.165) is 20.5 Å². The molecule has 0 bridgehead atoms. The van der Waals surface area contributed by atoms with Crippen LogP contribution in [0.5, 0.6) is 0 Å². The fourth-order valence-corrected chi connectivity index (χ4v) is 5.41. The Kier molecular flexibility index (Phi) is 8.77. The van der Waals surface area contributed by atoms with Gasteiger partial charge in [0.1, 0.15) is 12.4 Å². The normalized spacial score (nSPS) is 11.2. The number of rotatable bonds is 10. The molecule has 3 rings (SSSR count). The summed E-state index contributed by atoms with van der Waals surface area (Å²) in [5.74, 6) is -0.466. The molecule has 3 aromatic rings. The van der Waals surface area contributed by atoms with Gasteiger partial charge < -0.3 is 5.32 Å². The Bertz CT molecular complexity index is 1190. The summed E-state index contributed by atoms with van der Waals surface area (Å²) in [6, 6.07) is 19.2. The van der Waals surface area contributed by atoms with Gasteiger partial charge >= 0.3 is 0 Å². The minimum atomic E-state index is -4.15. The highest BCUT2D eigenvalue weighted by Crippen LogP contribution is 2.26. The fraction of sp³-hybridized carbons (Fsp3) is 0.208. The van der Waals surface area contributed by atoms with Crippen molar-refractivity contribution in [1.82, 2.24) is 5.32 Å². The van der Waals surface area contributed by atoms with Crippen LogP contribution in [0, 0.1) is 12.7 Å². The second kappa shape index (κ2) is 11.5. The number of benzene rings is 3. The summed E-state index contributed by atoms with van der Waals surface area (Å²) in [5, 5.41) is 3.40. The second-order valence-electron chi connectivity index (χ2n) is 7.28. The van der Waals surface area contributed by atoms with Crippen molar-refractivity contribution in [3.63, 3.8) is 0 Å². The number of anilines is 1. The van der Waals surface area contributed by atoms with Crippen molar-refractivity contribution < 1.29 is 17.6 Å². The lowest BCUT2D eigenvalue weighted by molar-refractivity contribution is -0.119. The Balaban J connectivity index is 1.65. The Hall–Kier alpha value is -2.55. The summed E-state index contributed by atoms with van der Waals surface area (Å²) in [6.45, 7) is 1.68. The largest absolute Gasteiger partial charge is 0.354 e. The van der Waals surface area contributed by atoms with Crippen molar-refractivity contribution in [2.45, 2.75) is 23.1 Å². The third-order valence-corrected chi connectivity index (χ3v) is 7.87. The molecule has 0 atom stereocenters. The van der Waals surface area contributed by atoms with E-state index in [2.05, 4.69) is 5.32 Å². The molecule has 1 N–H and O–H groups in total. The van der Waals surface area contributed by atoms with E-state index in [1.54, 1.807) is 23.9 Å². The average Bonchev–Trinajstić information content (AvgIpc) is 2.79. The molecule has 0 spiro atoms. The number of halogens is 2. The number of hydrogen-bond donors (Lipinski definition) is 1. The van der Waals surface area contributed by atoms with E-state index < -0.39 is 28.3 Å². The minimum Gasteiger partial charge on any atom is -0.354 e. The predicted octanol–water partition coefficient (Wildman–Crippen LogP) is 5.28. The molecule has 3 aromatic carbocycles. The molecule has 0 heterocycles.